The number of rotatable bonds is 9. The Balaban J connectivity index is 1.69. The highest BCUT2D eigenvalue weighted by atomic mass is 19.1. The van der Waals surface area contributed by atoms with Gasteiger partial charge in [-0.2, -0.15) is 0 Å². The second kappa shape index (κ2) is 12.8. The number of carbonyl (C=O) groups excluding carboxylic acids is 1. The molecule has 2 N–H and O–H groups in total. The number of hydrogen-bond acceptors (Lipinski definition) is 4. The van der Waals surface area contributed by atoms with E-state index < -0.39 is 12.4 Å². The van der Waals surface area contributed by atoms with Gasteiger partial charge in [-0.3, -0.25) is 4.79 Å². The van der Waals surface area contributed by atoms with Gasteiger partial charge in [0.1, 0.15) is 5.82 Å². The van der Waals surface area contributed by atoms with Gasteiger partial charge < -0.3 is 24.5 Å². The summed E-state index contributed by atoms with van der Waals surface area (Å²) >= 11 is 0. The summed E-state index contributed by atoms with van der Waals surface area (Å²) in [6.45, 7) is 4.69. The maximum atomic E-state index is 14.2. The summed E-state index contributed by atoms with van der Waals surface area (Å²) in [5.74, 6) is -0.535. The number of halogens is 1. The van der Waals surface area contributed by atoms with Crippen molar-refractivity contribution >= 4 is 11.6 Å². The number of carbonyl (C=O) groups is 1. The van der Waals surface area contributed by atoms with E-state index in [1.807, 2.05) is 60.7 Å². The van der Waals surface area contributed by atoms with E-state index in [0.717, 1.165) is 28.1 Å². The molecule has 214 valence electrons. The van der Waals surface area contributed by atoms with Gasteiger partial charge in [-0.15, -0.1) is 0 Å². The SMILES string of the molecule is COC1C[C@H](O)C[C@@H](CCn2c(-c3ccc(F)cc3)c(-c3ccccc3)c(C(=O)Nc3ccccc3)c2C(C)C)O1. The van der Waals surface area contributed by atoms with Crippen molar-refractivity contribution in [2.75, 3.05) is 12.4 Å². The predicted molar refractivity (Wildman–Crippen MR) is 159 cm³/mol. The van der Waals surface area contributed by atoms with Crippen LogP contribution in [-0.2, 0) is 16.0 Å². The molecule has 41 heavy (non-hydrogen) atoms. The molecule has 7 heteroatoms. The van der Waals surface area contributed by atoms with Crippen molar-refractivity contribution in [1.82, 2.24) is 4.57 Å². The molecule has 5 rings (SSSR count). The standard InChI is InChI=1S/C34H37FN2O4/c1-22(2)32-31(34(39)36-26-12-8-5-9-13-26)30(23-10-6-4-7-11-23)33(24-14-16-25(35)17-15-24)37(32)19-18-28-20-27(38)21-29(40-3)41-28/h4-17,22,27-29,38H,18-21H2,1-3H3,(H,36,39)/t27-,28-,29?/m1/s1. The first-order valence-electron chi connectivity index (χ1n) is 14.2. The van der Waals surface area contributed by atoms with E-state index in [-0.39, 0.29) is 23.7 Å². The van der Waals surface area contributed by atoms with Crippen LogP contribution < -0.4 is 5.32 Å². The molecule has 3 aromatic carbocycles. The molecule has 0 radical (unpaired) electrons. The molecule has 1 saturated heterocycles. The summed E-state index contributed by atoms with van der Waals surface area (Å²) in [6.07, 6.45) is 0.383. The van der Waals surface area contributed by atoms with Crippen LogP contribution in [0.25, 0.3) is 22.4 Å². The van der Waals surface area contributed by atoms with E-state index >= 15 is 0 Å². The minimum atomic E-state index is -0.503. The zero-order valence-corrected chi connectivity index (χ0v) is 23.7. The summed E-state index contributed by atoms with van der Waals surface area (Å²) < 4.78 is 27.8. The Morgan fingerprint density at radius 3 is 2.29 bits per heavy atom. The lowest BCUT2D eigenvalue weighted by molar-refractivity contribution is -0.205. The molecule has 1 aromatic heterocycles. The lowest BCUT2D eigenvalue weighted by Crippen LogP contribution is -2.37. The van der Waals surface area contributed by atoms with Crippen molar-refractivity contribution in [3.63, 3.8) is 0 Å². The zero-order chi connectivity index (χ0) is 28.9. The number of aliphatic hydroxyl groups excluding tert-OH is 1. The second-order valence-electron chi connectivity index (χ2n) is 10.8. The first-order chi connectivity index (χ1) is 19.9. The topological polar surface area (TPSA) is 72.7 Å². The Morgan fingerprint density at radius 1 is 1.00 bits per heavy atom. The minimum absolute atomic E-state index is 0.00669. The van der Waals surface area contributed by atoms with Crippen LogP contribution in [0.3, 0.4) is 0 Å². The van der Waals surface area contributed by atoms with E-state index in [1.54, 1.807) is 19.2 Å². The molecule has 2 heterocycles. The number of para-hydroxylation sites is 1. The fourth-order valence-corrected chi connectivity index (χ4v) is 5.77. The molecule has 0 spiro atoms. The summed E-state index contributed by atoms with van der Waals surface area (Å²) in [6, 6.07) is 25.7. The van der Waals surface area contributed by atoms with Crippen molar-refractivity contribution < 1.29 is 23.8 Å². The fourth-order valence-electron chi connectivity index (χ4n) is 5.77. The summed E-state index contributed by atoms with van der Waals surface area (Å²) in [4.78, 5) is 14.2. The average molecular weight is 557 g/mol. The number of nitrogens with zero attached hydrogens (tertiary/aromatic N) is 1. The van der Waals surface area contributed by atoms with Gasteiger partial charge >= 0.3 is 0 Å². The van der Waals surface area contributed by atoms with Gasteiger partial charge in [0.15, 0.2) is 6.29 Å². The van der Waals surface area contributed by atoms with E-state index in [4.69, 9.17) is 9.47 Å². The highest BCUT2D eigenvalue weighted by Crippen LogP contribution is 2.43. The van der Waals surface area contributed by atoms with Crippen LogP contribution in [0, 0.1) is 5.82 Å². The Kier molecular flexibility index (Phi) is 8.98. The Hall–Kier alpha value is -3.78. The third kappa shape index (κ3) is 6.43. The molecule has 1 amide bonds. The molecule has 1 fully saturated rings. The van der Waals surface area contributed by atoms with Crippen molar-refractivity contribution in [1.29, 1.82) is 0 Å². The lowest BCUT2D eigenvalue weighted by Gasteiger charge is -2.32. The third-order valence-corrected chi connectivity index (χ3v) is 7.57. The number of aliphatic hydroxyl groups is 1. The van der Waals surface area contributed by atoms with Crippen molar-refractivity contribution in [2.45, 2.75) is 64.1 Å². The number of ether oxygens (including phenoxy) is 2. The van der Waals surface area contributed by atoms with E-state index in [1.165, 1.54) is 12.1 Å². The largest absolute Gasteiger partial charge is 0.393 e. The maximum Gasteiger partial charge on any atom is 0.258 e. The molecule has 6 nitrogen and oxygen atoms in total. The summed E-state index contributed by atoms with van der Waals surface area (Å²) in [5, 5.41) is 13.5. The third-order valence-electron chi connectivity index (χ3n) is 7.57. The predicted octanol–water partition coefficient (Wildman–Crippen LogP) is 7.24. The smallest absolute Gasteiger partial charge is 0.258 e. The molecular formula is C34H37FN2O4. The number of anilines is 1. The Labute approximate surface area is 240 Å². The molecule has 4 aromatic rings. The van der Waals surface area contributed by atoms with Crippen LogP contribution in [0.4, 0.5) is 10.1 Å². The molecule has 0 bridgehead atoms. The van der Waals surface area contributed by atoms with Gasteiger partial charge in [0.25, 0.3) is 5.91 Å². The highest BCUT2D eigenvalue weighted by molar-refractivity contribution is 6.12. The van der Waals surface area contributed by atoms with Gasteiger partial charge in [0, 0.05) is 37.0 Å². The summed E-state index contributed by atoms with van der Waals surface area (Å²) in [7, 11) is 1.58. The minimum Gasteiger partial charge on any atom is -0.393 e. The highest BCUT2D eigenvalue weighted by Gasteiger charge is 2.32. The lowest BCUT2D eigenvalue weighted by atomic mass is 9.94. The van der Waals surface area contributed by atoms with Gasteiger partial charge in [0.2, 0.25) is 0 Å². The number of hydrogen-bond donors (Lipinski definition) is 2. The Bertz CT molecular complexity index is 1450. The Morgan fingerprint density at radius 2 is 1.66 bits per heavy atom. The van der Waals surface area contributed by atoms with Crippen LogP contribution in [0.15, 0.2) is 84.9 Å². The van der Waals surface area contributed by atoms with Crippen LogP contribution in [-0.4, -0.2) is 41.2 Å². The molecule has 1 aliphatic rings. The van der Waals surface area contributed by atoms with Crippen LogP contribution in [0.2, 0.25) is 0 Å². The van der Waals surface area contributed by atoms with E-state index in [2.05, 4.69) is 23.7 Å². The second-order valence-corrected chi connectivity index (χ2v) is 10.8. The van der Waals surface area contributed by atoms with Gasteiger partial charge in [-0.1, -0.05) is 62.4 Å². The number of aromatic nitrogens is 1. The summed E-state index contributed by atoms with van der Waals surface area (Å²) in [5.41, 5.74) is 5.54. The normalized spacial score (nSPS) is 18.9. The molecule has 0 aliphatic carbocycles. The zero-order valence-electron chi connectivity index (χ0n) is 23.7. The average Bonchev–Trinajstić information content (AvgIpc) is 3.33. The van der Waals surface area contributed by atoms with Gasteiger partial charge in [0.05, 0.1) is 23.5 Å². The van der Waals surface area contributed by atoms with Crippen LogP contribution >= 0.6 is 0 Å². The fraction of sp³-hybridized carbons (Fsp3) is 0.324. The number of methoxy groups -OCH3 is 1. The number of nitrogens with one attached hydrogen (secondary N) is 1. The van der Waals surface area contributed by atoms with Crippen molar-refractivity contribution in [2.24, 2.45) is 0 Å². The number of amides is 1. The van der Waals surface area contributed by atoms with Crippen molar-refractivity contribution in [3.8, 4) is 22.4 Å². The molecular weight excluding hydrogens is 519 g/mol. The molecule has 3 atom stereocenters. The monoisotopic (exact) mass is 556 g/mol. The first kappa shape index (κ1) is 28.7. The van der Waals surface area contributed by atoms with Gasteiger partial charge in [-0.25, -0.2) is 4.39 Å². The maximum absolute atomic E-state index is 14.2. The molecule has 0 saturated carbocycles. The van der Waals surface area contributed by atoms with Crippen molar-refractivity contribution in [3.05, 3.63) is 102 Å². The quantitative estimate of drug-likeness (QED) is 0.228. The molecule has 1 aliphatic heterocycles. The van der Waals surface area contributed by atoms with E-state index in [9.17, 15) is 14.3 Å². The van der Waals surface area contributed by atoms with Crippen LogP contribution in [0.1, 0.15) is 55.1 Å². The molecule has 1 unspecified atom stereocenters. The number of benzene rings is 3. The van der Waals surface area contributed by atoms with Gasteiger partial charge in [-0.05, 0) is 66.3 Å². The first-order valence-corrected chi connectivity index (χ1v) is 14.2. The van der Waals surface area contributed by atoms with E-state index in [0.29, 0.717) is 37.1 Å². The van der Waals surface area contributed by atoms with Crippen LogP contribution in [0.5, 0.6) is 0 Å².